The zero-order valence-electron chi connectivity index (χ0n) is 15.9. The molecule has 0 radical (unpaired) electrons. The third kappa shape index (κ3) is 1.46. The lowest BCUT2D eigenvalue weighted by molar-refractivity contribution is 0.0625. The number of hydrogen-bond acceptors (Lipinski definition) is 4. The number of ketones is 1. The average molecular weight is 378 g/mol. The highest BCUT2D eigenvalue weighted by Gasteiger charge is 2.69. The molecule has 0 amide bonds. The first-order valence-corrected chi connectivity index (χ1v) is 10.1. The summed E-state index contributed by atoms with van der Waals surface area (Å²) in [4.78, 5) is 13.6. The molecule has 2 aromatic rings. The predicted octanol–water partition coefficient (Wildman–Crippen LogP) is 2.87. The summed E-state index contributed by atoms with van der Waals surface area (Å²) in [5.41, 5.74) is 8.98. The standard InChI is InChI=1S/C22H22N2O4/c1-26-22-16-15-13-3-2-4-14(15)23(5-9-27-10-6-23)18(17(16)21(13)25)19-20(22)24(19)7-11-28-12-8-24/h2-4H,5-12H2,1H3/q+2. The van der Waals surface area contributed by atoms with Crippen molar-refractivity contribution in [2.75, 3.05) is 59.7 Å². The highest BCUT2D eigenvalue weighted by molar-refractivity contribution is 6.33. The average Bonchev–Trinajstić information content (AvgIpc) is 3.26. The number of carbonyl (C=O) groups excluding carboxylic acids is 1. The van der Waals surface area contributed by atoms with Crippen LogP contribution in [0.1, 0.15) is 15.9 Å². The molecule has 0 saturated carbocycles. The van der Waals surface area contributed by atoms with Crippen molar-refractivity contribution in [2.45, 2.75) is 0 Å². The number of carbonyl (C=O) groups is 1. The Labute approximate surface area is 163 Å². The summed E-state index contributed by atoms with van der Waals surface area (Å²) < 4.78 is 19.0. The van der Waals surface area contributed by atoms with Gasteiger partial charge in [0.05, 0.1) is 44.7 Å². The third-order valence-corrected chi connectivity index (χ3v) is 7.51. The fraction of sp³-hybridized carbons (Fsp3) is 0.409. The van der Waals surface area contributed by atoms with Crippen molar-refractivity contribution >= 4 is 28.5 Å². The number of quaternary nitrogens is 2. The first-order valence-electron chi connectivity index (χ1n) is 10.1. The van der Waals surface area contributed by atoms with Gasteiger partial charge in [0.25, 0.3) is 5.69 Å². The first kappa shape index (κ1) is 15.6. The van der Waals surface area contributed by atoms with Crippen LogP contribution in [0, 0.1) is 0 Å². The SMILES string of the molecule is COc1c2c3c(c4c1[N+]41CCOCC1)[N+]1(CCOCC1)c1cccc(c1-2)C3=O. The van der Waals surface area contributed by atoms with Crippen molar-refractivity contribution in [1.82, 2.24) is 8.97 Å². The maximum absolute atomic E-state index is 13.6. The molecule has 2 saturated heterocycles. The molecule has 0 N–H and O–H groups in total. The Balaban J connectivity index is 1.64. The monoisotopic (exact) mass is 378 g/mol. The van der Waals surface area contributed by atoms with Crippen LogP contribution in [0.25, 0.3) is 11.1 Å². The molecule has 6 nitrogen and oxygen atoms in total. The molecule has 0 atom stereocenters. The van der Waals surface area contributed by atoms with Gasteiger partial charge < -0.3 is 14.2 Å². The number of fused-ring (bicyclic) bond motifs is 6. The van der Waals surface area contributed by atoms with Crippen LogP contribution in [0.3, 0.4) is 0 Å². The quantitative estimate of drug-likeness (QED) is 0.483. The number of morpholine rings is 2. The number of hydrogen-bond donors (Lipinski definition) is 0. The van der Waals surface area contributed by atoms with E-state index in [4.69, 9.17) is 14.2 Å². The van der Waals surface area contributed by atoms with E-state index in [0.29, 0.717) is 0 Å². The van der Waals surface area contributed by atoms with Gasteiger partial charge in [-0.05, 0) is 6.07 Å². The first-order chi connectivity index (χ1) is 13.7. The molecule has 7 rings (SSSR count). The molecule has 142 valence electrons. The van der Waals surface area contributed by atoms with Gasteiger partial charge in [-0.1, -0.05) is 6.07 Å². The van der Waals surface area contributed by atoms with Crippen LogP contribution in [-0.4, -0.2) is 65.5 Å². The Hall–Kier alpha value is -2.25. The molecule has 5 aliphatic rings. The maximum atomic E-state index is 13.6. The fourth-order valence-electron chi connectivity index (χ4n) is 6.30. The van der Waals surface area contributed by atoms with E-state index in [1.807, 2.05) is 12.1 Å². The maximum Gasteiger partial charge on any atom is 0.266 e. The van der Waals surface area contributed by atoms with Gasteiger partial charge in [0.2, 0.25) is 17.2 Å². The van der Waals surface area contributed by atoms with Crippen LogP contribution in [-0.2, 0) is 9.47 Å². The minimum absolute atomic E-state index is 0.169. The number of benzene rings is 2. The third-order valence-electron chi connectivity index (χ3n) is 7.51. The molecule has 4 aliphatic heterocycles. The van der Waals surface area contributed by atoms with Crippen molar-refractivity contribution in [3.63, 3.8) is 0 Å². The van der Waals surface area contributed by atoms with Crippen LogP contribution in [0.4, 0.5) is 22.7 Å². The Kier molecular flexibility index (Phi) is 2.70. The second-order valence-electron chi connectivity index (χ2n) is 8.41. The van der Waals surface area contributed by atoms with Crippen LogP contribution in [0.5, 0.6) is 5.75 Å². The van der Waals surface area contributed by atoms with Crippen molar-refractivity contribution in [3.8, 4) is 16.9 Å². The van der Waals surface area contributed by atoms with Crippen molar-refractivity contribution in [3.05, 3.63) is 29.3 Å². The minimum atomic E-state index is 0.169. The Morgan fingerprint density at radius 2 is 1.50 bits per heavy atom. The number of ether oxygens (including phenoxy) is 3. The lowest BCUT2D eigenvalue weighted by Gasteiger charge is -2.42. The molecule has 2 aromatic carbocycles. The van der Waals surface area contributed by atoms with Crippen LogP contribution in [0.15, 0.2) is 18.2 Å². The zero-order valence-corrected chi connectivity index (χ0v) is 15.9. The van der Waals surface area contributed by atoms with Gasteiger partial charge >= 0.3 is 0 Å². The van der Waals surface area contributed by atoms with E-state index in [2.05, 4.69) is 6.07 Å². The van der Waals surface area contributed by atoms with Gasteiger partial charge in [0.15, 0.2) is 5.75 Å². The Morgan fingerprint density at radius 3 is 2.18 bits per heavy atom. The number of rotatable bonds is 1. The number of nitrogens with zero attached hydrogens (tertiary/aromatic N) is 2. The summed E-state index contributed by atoms with van der Waals surface area (Å²) in [7, 11) is 1.75. The van der Waals surface area contributed by atoms with Gasteiger partial charge in [-0.15, -0.1) is 0 Å². The molecular formula is C22H22N2O4+2. The summed E-state index contributed by atoms with van der Waals surface area (Å²) in [6, 6.07) is 6.23. The highest BCUT2D eigenvalue weighted by atomic mass is 16.5. The van der Waals surface area contributed by atoms with Crippen molar-refractivity contribution in [1.29, 1.82) is 0 Å². The Morgan fingerprint density at radius 1 is 0.821 bits per heavy atom. The zero-order chi connectivity index (χ0) is 18.7. The summed E-state index contributed by atoms with van der Waals surface area (Å²) in [5.74, 6) is 1.09. The summed E-state index contributed by atoms with van der Waals surface area (Å²) in [6.07, 6.45) is 0. The summed E-state index contributed by atoms with van der Waals surface area (Å²) in [6.45, 7) is 6.54. The van der Waals surface area contributed by atoms with Gasteiger partial charge in [0, 0.05) is 11.6 Å². The molecule has 28 heavy (non-hydrogen) atoms. The van der Waals surface area contributed by atoms with E-state index in [0.717, 1.165) is 89.6 Å². The second kappa shape index (κ2) is 4.83. The molecule has 1 aliphatic carbocycles. The van der Waals surface area contributed by atoms with Crippen LogP contribution in [0.2, 0.25) is 0 Å². The molecule has 4 heterocycles. The normalized spacial score (nSPS) is 23.8. The smallest absolute Gasteiger partial charge is 0.266 e. The predicted molar refractivity (Wildman–Crippen MR) is 106 cm³/mol. The van der Waals surface area contributed by atoms with E-state index in [1.165, 1.54) is 22.7 Å². The topological polar surface area (TPSA) is 44.8 Å². The molecule has 4 bridgehead atoms. The fourth-order valence-corrected chi connectivity index (χ4v) is 6.30. The Bertz CT molecular complexity index is 1090. The summed E-state index contributed by atoms with van der Waals surface area (Å²) >= 11 is 0. The molecular weight excluding hydrogens is 356 g/mol. The van der Waals surface area contributed by atoms with E-state index in [9.17, 15) is 4.79 Å². The van der Waals surface area contributed by atoms with Crippen molar-refractivity contribution in [2.24, 2.45) is 0 Å². The molecule has 6 heteroatoms. The number of methoxy groups -OCH3 is 1. The van der Waals surface area contributed by atoms with Gasteiger partial charge in [-0.3, -0.25) is 4.79 Å². The van der Waals surface area contributed by atoms with Gasteiger partial charge in [-0.25, -0.2) is 8.97 Å². The van der Waals surface area contributed by atoms with Gasteiger partial charge in [0.1, 0.15) is 37.4 Å². The molecule has 2 fully saturated rings. The van der Waals surface area contributed by atoms with Gasteiger partial charge in [-0.2, -0.15) is 0 Å². The highest BCUT2D eigenvalue weighted by Crippen LogP contribution is 2.75. The van der Waals surface area contributed by atoms with Crippen molar-refractivity contribution < 1.29 is 19.0 Å². The largest absolute Gasteiger partial charge is 0.490 e. The van der Waals surface area contributed by atoms with E-state index in [-0.39, 0.29) is 5.78 Å². The lowest BCUT2D eigenvalue weighted by Crippen LogP contribution is -2.54. The van der Waals surface area contributed by atoms with E-state index < -0.39 is 0 Å². The lowest BCUT2D eigenvalue weighted by atomic mass is 9.93. The van der Waals surface area contributed by atoms with E-state index >= 15 is 0 Å². The molecule has 0 aromatic heterocycles. The van der Waals surface area contributed by atoms with E-state index in [1.54, 1.807) is 7.11 Å². The molecule has 0 unspecified atom stereocenters. The van der Waals surface area contributed by atoms with Crippen LogP contribution < -0.4 is 13.7 Å². The molecule has 2 spiro atoms. The van der Waals surface area contributed by atoms with Crippen LogP contribution >= 0.6 is 0 Å². The minimum Gasteiger partial charge on any atom is -0.490 e. The summed E-state index contributed by atoms with van der Waals surface area (Å²) in [5, 5.41) is 0. The second-order valence-corrected chi connectivity index (χ2v) is 8.41.